The third-order valence-electron chi connectivity index (χ3n) is 4.97. The molecule has 0 saturated carbocycles. The van der Waals surface area contributed by atoms with Crippen molar-refractivity contribution in [2.75, 3.05) is 7.05 Å². The van der Waals surface area contributed by atoms with Crippen molar-refractivity contribution >= 4 is 11.6 Å². The molecule has 1 aromatic carbocycles. The number of benzene rings is 1. The molecule has 5 nitrogen and oxygen atoms in total. The van der Waals surface area contributed by atoms with Crippen LogP contribution in [0.1, 0.15) is 35.4 Å². The van der Waals surface area contributed by atoms with E-state index < -0.39 is 0 Å². The minimum absolute atomic E-state index is 0.0330. The molecular formula is C23H22N4O. The van der Waals surface area contributed by atoms with Crippen molar-refractivity contribution in [3.8, 4) is 11.3 Å². The lowest BCUT2D eigenvalue weighted by molar-refractivity contribution is 0.0722. The summed E-state index contributed by atoms with van der Waals surface area (Å²) in [5.74, 6) is -0.0330. The Bertz CT molecular complexity index is 1090. The van der Waals surface area contributed by atoms with Crippen LogP contribution in [0.15, 0.2) is 79.3 Å². The van der Waals surface area contributed by atoms with Gasteiger partial charge in [-0.1, -0.05) is 43.3 Å². The Balaban J connectivity index is 1.63. The summed E-state index contributed by atoms with van der Waals surface area (Å²) >= 11 is 0. The van der Waals surface area contributed by atoms with Crippen LogP contribution in [0.3, 0.4) is 0 Å². The molecule has 0 fully saturated rings. The van der Waals surface area contributed by atoms with Crippen LogP contribution in [0.5, 0.6) is 0 Å². The second kappa shape index (κ2) is 7.64. The summed E-state index contributed by atoms with van der Waals surface area (Å²) < 4.78 is 1.91. The monoisotopic (exact) mass is 370 g/mol. The first-order valence-electron chi connectivity index (χ1n) is 9.39. The van der Waals surface area contributed by atoms with Crippen LogP contribution in [0, 0.1) is 0 Å². The molecule has 3 heterocycles. The Morgan fingerprint density at radius 1 is 1.04 bits per heavy atom. The van der Waals surface area contributed by atoms with Gasteiger partial charge in [0.2, 0.25) is 0 Å². The Kier molecular flexibility index (Phi) is 4.89. The fourth-order valence-corrected chi connectivity index (χ4v) is 3.47. The number of hydrogen-bond acceptors (Lipinski definition) is 3. The number of carbonyl (C=O) groups excluding carboxylic acids is 1. The van der Waals surface area contributed by atoms with Crippen molar-refractivity contribution in [1.82, 2.24) is 19.3 Å². The lowest BCUT2D eigenvalue weighted by Gasteiger charge is -2.27. The number of hydrogen-bond donors (Lipinski definition) is 0. The zero-order chi connectivity index (χ0) is 19.5. The number of pyridine rings is 2. The van der Waals surface area contributed by atoms with Gasteiger partial charge in [-0.2, -0.15) is 0 Å². The first-order valence-corrected chi connectivity index (χ1v) is 9.39. The maximum absolute atomic E-state index is 13.1. The number of rotatable bonds is 5. The number of aromatic nitrogens is 3. The second-order valence-corrected chi connectivity index (χ2v) is 6.77. The molecule has 1 atom stereocenters. The standard InChI is InChI=1S/C23H22N4O/c1-3-21(19-11-7-8-14-24-19)26(2)23(28)18-12-13-22-25-20(16-27(22)15-18)17-9-5-4-6-10-17/h4-16,21H,3H2,1-2H3/t21-/m1/s1. The summed E-state index contributed by atoms with van der Waals surface area (Å²) in [6.45, 7) is 2.06. The molecule has 3 aromatic heterocycles. The van der Waals surface area contributed by atoms with E-state index in [4.69, 9.17) is 0 Å². The molecule has 0 aliphatic carbocycles. The molecule has 0 radical (unpaired) electrons. The molecule has 0 saturated heterocycles. The summed E-state index contributed by atoms with van der Waals surface area (Å²) in [5.41, 5.74) is 4.28. The van der Waals surface area contributed by atoms with Crippen molar-refractivity contribution in [3.05, 3.63) is 90.5 Å². The Morgan fingerprint density at radius 2 is 1.82 bits per heavy atom. The molecule has 0 spiro atoms. The van der Waals surface area contributed by atoms with E-state index in [0.29, 0.717) is 5.56 Å². The lowest BCUT2D eigenvalue weighted by atomic mass is 10.1. The first kappa shape index (κ1) is 17.9. The van der Waals surface area contributed by atoms with E-state index in [-0.39, 0.29) is 11.9 Å². The third-order valence-corrected chi connectivity index (χ3v) is 4.97. The Morgan fingerprint density at radius 3 is 2.54 bits per heavy atom. The van der Waals surface area contributed by atoms with Crippen LogP contribution in [0.25, 0.3) is 16.9 Å². The smallest absolute Gasteiger partial charge is 0.255 e. The predicted molar refractivity (Wildman–Crippen MR) is 110 cm³/mol. The maximum Gasteiger partial charge on any atom is 0.255 e. The van der Waals surface area contributed by atoms with E-state index in [1.165, 1.54) is 0 Å². The van der Waals surface area contributed by atoms with Crippen LogP contribution >= 0.6 is 0 Å². The van der Waals surface area contributed by atoms with Crippen LogP contribution in [-0.2, 0) is 0 Å². The van der Waals surface area contributed by atoms with E-state index in [1.54, 1.807) is 11.1 Å². The van der Waals surface area contributed by atoms with Crippen LogP contribution < -0.4 is 0 Å². The molecule has 0 bridgehead atoms. The fourth-order valence-electron chi connectivity index (χ4n) is 3.47. The number of imidazole rings is 1. The van der Waals surface area contributed by atoms with E-state index in [9.17, 15) is 4.79 Å². The molecule has 4 rings (SSSR count). The highest BCUT2D eigenvalue weighted by atomic mass is 16.2. The quantitative estimate of drug-likeness (QED) is 0.515. The summed E-state index contributed by atoms with van der Waals surface area (Å²) in [4.78, 5) is 23.9. The van der Waals surface area contributed by atoms with Crippen LogP contribution in [-0.4, -0.2) is 32.2 Å². The molecule has 140 valence electrons. The van der Waals surface area contributed by atoms with Crippen LogP contribution in [0.4, 0.5) is 0 Å². The molecule has 0 aliphatic rings. The van der Waals surface area contributed by atoms with Crippen molar-refractivity contribution < 1.29 is 4.79 Å². The van der Waals surface area contributed by atoms with E-state index in [2.05, 4.69) is 16.9 Å². The summed E-state index contributed by atoms with van der Waals surface area (Å²) in [5, 5.41) is 0. The van der Waals surface area contributed by atoms with Gasteiger partial charge in [0.05, 0.1) is 23.0 Å². The minimum atomic E-state index is -0.0629. The molecule has 0 unspecified atom stereocenters. The maximum atomic E-state index is 13.1. The highest BCUT2D eigenvalue weighted by molar-refractivity contribution is 5.94. The van der Waals surface area contributed by atoms with Gasteiger partial charge in [-0.15, -0.1) is 0 Å². The number of nitrogens with zero attached hydrogens (tertiary/aromatic N) is 4. The van der Waals surface area contributed by atoms with E-state index in [0.717, 1.165) is 29.0 Å². The van der Waals surface area contributed by atoms with Crippen LogP contribution in [0.2, 0.25) is 0 Å². The predicted octanol–water partition coefficient (Wildman–Crippen LogP) is 4.62. The number of carbonyl (C=O) groups is 1. The number of amides is 1. The summed E-state index contributed by atoms with van der Waals surface area (Å²) in [6, 6.07) is 19.5. The van der Waals surface area contributed by atoms with Gasteiger partial charge in [0, 0.05) is 31.2 Å². The fraction of sp³-hybridized carbons (Fsp3) is 0.174. The average Bonchev–Trinajstić information content (AvgIpc) is 3.18. The Labute approximate surface area is 164 Å². The summed E-state index contributed by atoms with van der Waals surface area (Å²) in [7, 11) is 1.83. The SMILES string of the molecule is CC[C@H](c1ccccn1)N(C)C(=O)c1ccc2nc(-c3ccccc3)cn2c1. The molecule has 28 heavy (non-hydrogen) atoms. The molecule has 0 aliphatic heterocycles. The van der Waals surface area contributed by atoms with Crippen molar-refractivity contribution in [3.63, 3.8) is 0 Å². The normalized spacial score (nSPS) is 12.1. The van der Waals surface area contributed by atoms with Gasteiger partial charge in [-0.25, -0.2) is 4.98 Å². The number of fused-ring (bicyclic) bond motifs is 1. The van der Waals surface area contributed by atoms with E-state index in [1.807, 2.05) is 84.5 Å². The topological polar surface area (TPSA) is 50.5 Å². The third kappa shape index (κ3) is 3.39. The van der Waals surface area contributed by atoms with Crippen molar-refractivity contribution in [2.24, 2.45) is 0 Å². The minimum Gasteiger partial charge on any atom is -0.333 e. The van der Waals surface area contributed by atoms with Gasteiger partial charge >= 0.3 is 0 Å². The van der Waals surface area contributed by atoms with E-state index >= 15 is 0 Å². The molecule has 1 amide bonds. The highest BCUT2D eigenvalue weighted by Crippen LogP contribution is 2.24. The molecule has 0 N–H and O–H groups in total. The van der Waals surface area contributed by atoms with Gasteiger partial charge in [0.1, 0.15) is 5.65 Å². The van der Waals surface area contributed by atoms with Crippen molar-refractivity contribution in [1.29, 1.82) is 0 Å². The zero-order valence-corrected chi connectivity index (χ0v) is 16.0. The second-order valence-electron chi connectivity index (χ2n) is 6.77. The van der Waals surface area contributed by atoms with Gasteiger partial charge in [-0.3, -0.25) is 9.78 Å². The Hall–Kier alpha value is -3.47. The van der Waals surface area contributed by atoms with Gasteiger partial charge in [0.15, 0.2) is 0 Å². The largest absolute Gasteiger partial charge is 0.333 e. The molecule has 5 heteroatoms. The molecular weight excluding hydrogens is 348 g/mol. The highest BCUT2D eigenvalue weighted by Gasteiger charge is 2.22. The molecule has 4 aromatic rings. The zero-order valence-electron chi connectivity index (χ0n) is 16.0. The average molecular weight is 370 g/mol. The lowest BCUT2D eigenvalue weighted by Crippen LogP contribution is -2.31. The summed E-state index contributed by atoms with van der Waals surface area (Å²) in [6.07, 6.45) is 6.36. The van der Waals surface area contributed by atoms with Crippen molar-refractivity contribution in [2.45, 2.75) is 19.4 Å². The van der Waals surface area contributed by atoms with Gasteiger partial charge < -0.3 is 9.30 Å². The first-order chi connectivity index (χ1) is 13.7. The van der Waals surface area contributed by atoms with Gasteiger partial charge in [-0.05, 0) is 30.7 Å². The van der Waals surface area contributed by atoms with Gasteiger partial charge in [0.25, 0.3) is 5.91 Å².